The number of hydrogen-bond donors (Lipinski definition) is 0. The van der Waals surface area contributed by atoms with E-state index in [0.717, 1.165) is 13.0 Å². The first kappa shape index (κ1) is 15.1. The Morgan fingerprint density at radius 2 is 2.00 bits per heavy atom. The van der Waals surface area contributed by atoms with E-state index in [1.54, 1.807) is 11.5 Å². The van der Waals surface area contributed by atoms with Crippen LogP contribution in [0, 0.1) is 0 Å². The van der Waals surface area contributed by atoms with Crippen LogP contribution in [0.2, 0.25) is 0 Å². The van der Waals surface area contributed by atoms with Gasteiger partial charge in [-0.3, -0.25) is 4.79 Å². The van der Waals surface area contributed by atoms with Crippen molar-refractivity contribution in [2.24, 2.45) is 0 Å². The van der Waals surface area contributed by atoms with E-state index in [1.807, 2.05) is 0 Å². The first-order chi connectivity index (χ1) is 7.34. The lowest BCUT2D eigenvalue weighted by atomic mass is 10.3. The number of rotatable bonds is 5. The Morgan fingerprint density at radius 3 is 2.50 bits per heavy atom. The number of carbonyl (C=O) groups excluding carboxylic acids is 1. The molecule has 0 heterocycles. The van der Waals surface area contributed by atoms with Crippen molar-refractivity contribution in [2.45, 2.75) is 20.0 Å². The van der Waals surface area contributed by atoms with Gasteiger partial charge in [0.2, 0.25) is 0 Å². The monoisotopic (exact) mass is 254 g/mol. The summed E-state index contributed by atoms with van der Waals surface area (Å²) in [5.41, 5.74) is -0.603. The highest BCUT2D eigenvalue weighted by atomic mass is 32.2. The predicted molar refractivity (Wildman–Crippen MR) is 58.0 cm³/mol. The molecule has 0 unspecified atom stereocenters. The van der Waals surface area contributed by atoms with Crippen LogP contribution in [0.25, 0.3) is 0 Å². The number of ether oxygens (including phenoxy) is 1. The van der Waals surface area contributed by atoms with Gasteiger partial charge in [0.05, 0.1) is 0 Å². The van der Waals surface area contributed by atoms with E-state index in [0.29, 0.717) is 0 Å². The van der Waals surface area contributed by atoms with Crippen molar-refractivity contribution < 1.29 is 22.7 Å². The molecule has 16 heavy (non-hydrogen) atoms. The van der Waals surface area contributed by atoms with E-state index >= 15 is 0 Å². The zero-order valence-electron chi connectivity index (χ0n) is 9.00. The summed E-state index contributed by atoms with van der Waals surface area (Å²) in [6, 6.07) is 0. The van der Waals surface area contributed by atoms with Crippen LogP contribution in [-0.4, -0.2) is 24.5 Å². The van der Waals surface area contributed by atoms with Crippen LogP contribution >= 0.6 is 11.8 Å². The van der Waals surface area contributed by atoms with Crippen LogP contribution in [0.15, 0.2) is 23.1 Å². The number of thioether (sulfide) groups is 1. The third-order valence-electron chi connectivity index (χ3n) is 1.51. The van der Waals surface area contributed by atoms with E-state index in [9.17, 15) is 18.0 Å². The third-order valence-corrected chi connectivity index (χ3v) is 2.25. The van der Waals surface area contributed by atoms with Gasteiger partial charge in [-0.25, -0.2) is 0 Å². The van der Waals surface area contributed by atoms with Crippen LogP contribution in [0.1, 0.15) is 13.8 Å². The van der Waals surface area contributed by atoms with Crippen LogP contribution in [0.4, 0.5) is 13.2 Å². The average Bonchev–Trinajstić information content (AvgIpc) is 2.14. The molecule has 0 bridgehead atoms. The fourth-order valence-electron chi connectivity index (χ4n) is 0.617. The van der Waals surface area contributed by atoms with Gasteiger partial charge in [-0.1, -0.05) is 6.08 Å². The Balaban J connectivity index is 3.71. The number of esters is 1. The van der Waals surface area contributed by atoms with Crippen molar-refractivity contribution in [1.29, 1.82) is 0 Å². The molecule has 2 nitrogen and oxygen atoms in total. The fourth-order valence-corrected chi connectivity index (χ4v) is 1.29. The molecule has 0 aliphatic rings. The lowest BCUT2D eigenvalue weighted by Gasteiger charge is -2.05. The summed E-state index contributed by atoms with van der Waals surface area (Å²) in [4.78, 5) is 10.3. The Labute approximate surface area is 96.5 Å². The Morgan fingerprint density at radius 1 is 1.38 bits per heavy atom. The molecule has 0 aromatic heterocycles. The van der Waals surface area contributed by atoms with Crippen LogP contribution in [0.5, 0.6) is 0 Å². The van der Waals surface area contributed by atoms with E-state index in [1.165, 1.54) is 18.7 Å². The molecule has 0 saturated carbocycles. The van der Waals surface area contributed by atoms with E-state index in [2.05, 4.69) is 4.74 Å². The molecule has 0 rings (SSSR count). The molecule has 0 spiro atoms. The second kappa shape index (κ2) is 7.38. The van der Waals surface area contributed by atoms with Crippen molar-refractivity contribution in [3.05, 3.63) is 23.1 Å². The molecule has 0 aromatic rings. The minimum absolute atomic E-state index is 0.143. The van der Waals surface area contributed by atoms with Crippen molar-refractivity contribution in [3.8, 4) is 0 Å². The SMILES string of the molecule is CC(=O)OCC=CSCC=C(C)C(F)(F)F. The lowest BCUT2D eigenvalue weighted by Crippen LogP contribution is -2.08. The van der Waals surface area contributed by atoms with Gasteiger partial charge in [0.25, 0.3) is 0 Å². The molecule has 92 valence electrons. The Bertz CT molecular complexity index is 282. The van der Waals surface area contributed by atoms with Gasteiger partial charge >= 0.3 is 12.1 Å². The molecular weight excluding hydrogens is 241 g/mol. The molecule has 0 aliphatic heterocycles. The number of halogens is 3. The van der Waals surface area contributed by atoms with Crippen LogP contribution in [0.3, 0.4) is 0 Å². The summed E-state index contributed by atoms with van der Waals surface area (Å²) >= 11 is 1.20. The summed E-state index contributed by atoms with van der Waals surface area (Å²) in [6.45, 7) is 2.46. The molecule has 0 aliphatic carbocycles. The van der Waals surface area contributed by atoms with Gasteiger partial charge < -0.3 is 4.74 Å². The highest BCUT2D eigenvalue weighted by Crippen LogP contribution is 2.25. The number of allylic oxidation sites excluding steroid dienone is 1. The maximum Gasteiger partial charge on any atom is 0.412 e. The van der Waals surface area contributed by atoms with Crippen molar-refractivity contribution >= 4 is 17.7 Å². The highest BCUT2D eigenvalue weighted by molar-refractivity contribution is 8.02. The molecule has 0 radical (unpaired) electrons. The number of carbonyl (C=O) groups is 1. The topological polar surface area (TPSA) is 26.3 Å². The van der Waals surface area contributed by atoms with Gasteiger partial charge in [-0.15, -0.1) is 11.8 Å². The second-order valence-electron chi connectivity index (χ2n) is 2.89. The Kier molecular flexibility index (Phi) is 6.96. The predicted octanol–water partition coefficient (Wildman–Crippen LogP) is 3.31. The molecule has 0 aromatic carbocycles. The fraction of sp³-hybridized carbons (Fsp3) is 0.500. The minimum Gasteiger partial charge on any atom is -0.462 e. The second-order valence-corrected chi connectivity index (χ2v) is 3.83. The van der Waals surface area contributed by atoms with E-state index in [-0.39, 0.29) is 18.3 Å². The summed E-state index contributed by atoms with van der Waals surface area (Å²) in [7, 11) is 0. The highest BCUT2D eigenvalue weighted by Gasteiger charge is 2.29. The maximum atomic E-state index is 12.0. The van der Waals surface area contributed by atoms with Gasteiger partial charge in [0.15, 0.2) is 0 Å². The van der Waals surface area contributed by atoms with Crippen molar-refractivity contribution in [1.82, 2.24) is 0 Å². The average molecular weight is 254 g/mol. The standard InChI is InChI=1S/C10H13F3O2S/c1-8(10(11,12)13)4-7-16-6-3-5-15-9(2)14/h3-4,6H,5,7H2,1-2H3. The van der Waals surface area contributed by atoms with Gasteiger partial charge in [-0.05, 0) is 18.4 Å². The van der Waals surface area contributed by atoms with Gasteiger partial charge in [0.1, 0.15) is 6.61 Å². The summed E-state index contributed by atoms with van der Waals surface area (Å²) < 4.78 is 40.6. The number of alkyl halides is 3. The van der Waals surface area contributed by atoms with Gasteiger partial charge in [-0.2, -0.15) is 13.2 Å². The van der Waals surface area contributed by atoms with Crippen molar-refractivity contribution in [2.75, 3.05) is 12.4 Å². The summed E-state index contributed by atoms with van der Waals surface area (Å²) in [5, 5.41) is 1.60. The van der Waals surface area contributed by atoms with Gasteiger partial charge in [0, 0.05) is 18.2 Å². The largest absolute Gasteiger partial charge is 0.462 e. The maximum absolute atomic E-state index is 12.0. The first-order valence-electron chi connectivity index (χ1n) is 4.48. The molecule has 0 N–H and O–H groups in total. The summed E-state index contributed by atoms with van der Waals surface area (Å²) in [5.74, 6) is -0.149. The normalized spacial score (nSPS) is 13.2. The van der Waals surface area contributed by atoms with Crippen LogP contribution < -0.4 is 0 Å². The molecule has 0 atom stereocenters. The minimum atomic E-state index is -4.25. The Hall–Kier alpha value is -0.910. The first-order valence-corrected chi connectivity index (χ1v) is 5.53. The third kappa shape index (κ3) is 8.40. The molecular formula is C10H13F3O2S. The zero-order valence-corrected chi connectivity index (χ0v) is 9.82. The smallest absolute Gasteiger partial charge is 0.412 e. The zero-order chi connectivity index (χ0) is 12.6. The van der Waals surface area contributed by atoms with E-state index in [4.69, 9.17) is 0 Å². The van der Waals surface area contributed by atoms with Crippen LogP contribution in [-0.2, 0) is 9.53 Å². The lowest BCUT2D eigenvalue weighted by molar-refractivity contribution is -0.139. The summed E-state index contributed by atoms with van der Waals surface area (Å²) in [6.07, 6.45) is -1.56. The quantitative estimate of drug-likeness (QED) is 0.428. The molecule has 0 fully saturated rings. The number of hydrogen-bond acceptors (Lipinski definition) is 3. The van der Waals surface area contributed by atoms with Crippen molar-refractivity contribution in [3.63, 3.8) is 0 Å². The van der Waals surface area contributed by atoms with E-state index < -0.39 is 11.7 Å². The molecule has 0 amide bonds. The molecule has 0 saturated heterocycles. The molecule has 6 heteroatoms.